The van der Waals surface area contributed by atoms with Crippen LogP contribution in [0.5, 0.6) is 5.75 Å². The van der Waals surface area contributed by atoms with Crippen molar-refractivity contribution in [3.63, 3.8) is 0 Å². The van der Waals surface area contributed by atoms with E-state index in [0.29, 0.717) is 40.8 Å². The Labute approximate surface area is 254 Å². The van der Waals surface area contributed by atoms with Crippen molar-refractivity contribution in [3.8, 4) is 39.1 Å². The molecule has 5 aromatic rings. The molecular formula is C36H26F8O. The maximum absolute atomic E-state index is 15.0. The van der Waals surface area contributed by atoms with Gasteiger partial charge in [-0.1, -0.05) is 62.2 Å². The number of halogens is 8. The second-order valence-electron chi connectivity index (χ2n) is 10.6. The minimum absolute atomic E-state index is 0.0710. The zero-order valence-corrected chi connectivity index (χ0v) is 23.9. The van der Waals surface area contributed by atoms with E-state index in [1.807, 2.05) is 6.92 Å². The number of hydrogen-bond donors (Lipinski definition) is 0. The van der Waals surface area contributed by atoms with Crippen molar-refractivity contribution < 1.29 is 39.9 Å². The van der Waals surface area contributed by atoms with Gasteiger partial charge in [0.05, 0.1) is 5.56 Å². The van der Waals surface area contributed by atoms with Crippen LogP contribution in [0.3, 0.4) is 0 Å². The third-order valence-electron chi connectivity index (χ3n) is 7.40. The highest BCUT2D eigenvalue weighted by Gasteiger charge is 2.38. The van der Waals surface area contributed by atoms with Crippen molar-refractivity contribution in [3.05, 3.63) is 137 Å². The molecule has 0 bridgehead atoms. The lowest BCUT2D eigenvalue weighted by Gasteiger charge is -2.19. The van der Waals surface area contributed by atoms with Gasteiger partial charge in [-0.15, -0.1) is 0 Å². The highest BCUT2D eigenvalue weighted by Crippen LogP contribution is 2.36. The van der Waals surface area contributed by atoms with Gasteiger partial charge in [-0.2, -0.15) is 8.78 Å². The molecule has 0 aliphatic carbocycles. The first-order valence-electron chi connectivity index (χ1n) is 14.2. The first kappa shape index (κ1) is 31.8. The van der Waals surface area contributed by atoms with Gasteiger partial charge >= 0.3 is 6.11 Å². The second-order valence-corrected chi connectivity index (χ2v) is 10.6. The van der Waals surface area contributed by atoms with Crippen LogP contribution in [-0.2, 0) is 12.5 Å². The molecule has 0 atom stereocenters. The topological polar surface area (TPSA) is 9.23 Å². The quantitative estimate of drug-likeness (QED) is 0.0852. The summed E-state index contributed by atoms with van der Waals surface area (Å²) in [6, 6.07) is 18.2. The number of rotatable bonds is 10. The fourth-order valence-electron chi connectivity index (χ4n) is 5.01. The van der Waals surface area contributed by atoms with Crippen molar-refractivity contribution in [2.45, 2.75) is 38.7 Å². The highest BCUT2D eigenvalue weighted by atomic mass is 19.3. The van der Waals surface area contributed by atoms with Crippen LogP contribution in [0.25, 0.3) is 33.4 Å². The van der Waals surface area contributed by atoms with Gasteiger partial charge in [0.25, 0.3) is 0 Å². The Morgan fingerprint density at radius 3 is 1.73 bits per heavy atom. The summed E-state index contributed by atoms with van der Waals surface area (Å²) in [7, 11) is 0. The summed E-state index contributed by atoms with van der Waals surface area (Å²) in [6.45, 7) is 2.02. The maximum Gasteiger partial charge on any atom is 0.429 e. The molecule has 0 aliphatic rings. The molecule has 0 radical (unpaired) electrons. The third-order valence-corrected chi connectivity index (χ3v) is 7.40. The summed E-state index contributed by atoms with van der Waals surface area (Å²) < 4.78 is 119. The van der Waals surface area contributed by atoms with E-state index in [1.165, 1.54) is 36.4 Å². The van der Waals surface area contributed by atoms with E-state index in [2.05, 4.69) is 0 Å². The molecule has 0 aromatic heterocycles. The van der Waals surface area contributed by atoms with Crippen molar-refractivity contribution in [1.29, 1.82) is 0 Å². The van der Waals surface area contributed by atoms with Gasteiger partial charge < -0.3 is 4.74 Å². The lowest BCUT2D eigenvalue weighted by Crippen LogP contribution is -2.23. The van der Waals surface area contributed by atoms with Gasteiger partial charge in [0.1, 0.15) is 23.2 Å². The molecule has 0 amide bonds. The van der Waals surface area contributed by atoms with Crippen LogP contribution in [0.15, 0.2) is 91.0 Å². The summed E-state index contributed by atoms with van der Waals surface area (Å²) in [6.07, 6.45) is -0.759. The van der Waals surface area contributed by atoms with E-state index in [9.17, 15) is 30.7 Å². The normalized spacial score (nSPS) is 11.6. The monoisotopic (exact) mass is 626 g/mol. The molecule has 0 saturated carbocycles. The number of unbranched alkanes of at least 4 members (excludes halogenated alkanes) is 2. The molecule has 0 aliphatic heterocycles. The van der Waals surface area contributed by atoms with Crippen LogP contribution in [0, 0.1) is 34.9 Å². The largest absolute Gasteiger partial charge is 0.429 e. The lowest BCUT2D eigenvalue weighted by atomic mass is 9.97. The molecule has 5 aromatic carbocycles. The molecule has 0 spiro atoms. The number of alkyl halides is 2. The van der Waals surface area contributed by atoms with Crippen LogP contribution < -0.4 is 4.74 Å². The second kappa shape index (κ2) is 13.1. The number of ether oxygens (including phenoxy) is 1. The third kappa shape index (κ3) is 7.03. The average molecular weight is 627 g/mol. The van der Waals surface area contributed by atoms with Crippen molar-refractivity contribution in [1.82, 2.24) is 0 Å². The van der Waals surface area contributed by atoms with Crippen molar-refractivity contribution in [2.24, 2.45) is 0 Å². The Bertz CT molecular complexity index is 1810. The molecule has 0 fully saturated rings. The summed E-state index contributed by atoms with van der Waals surface area (Å²) >= 11 is 0. The predicted octanol–water partition coefficient (Wildman–Crippen LogP) is 11.4. The summed E-state index contributed by atoms with van der Waals surface area (Å²) in [4.78, 5) is 0. The van der Waals surface area contributed by atoms with E-state index >= 15 is 4.39 Å². The van der Waals surface area contributed by atoms with Gasteiger partial charge in [-0.25, -0.2) is 26.3 Å². The van der Waals surface area contributed by atoms with Gasteiger partial charge in [0, 0.05) is 17.2 Å². The zero-order valence-electron chi connectivity index (χ0n) is 23.9. The van der Waals surface area contributed by atoms with Gasteiger partial charge in [0.2, 0.25) is 0 Å². The average Bonchev–Trinajstić information content (AvgIpc) is 2.99. The van der Waals surface area contributed by atoms with Gasteiger partial charge in [-0.3, -0.25) is 0 Å². The summed E-state index contributed by atoms with van der Waals surface area (Å²) in [5, 5.41) is 0. The SMILES string of the molecule is CCCCCc1ccc(C(F)(F)Oc2ccc(-c3ccc(-c4ccc(-c5cc(F)c(F)c(F)c5)c(F)c4)cc3)c(F)c2)c(F)c1. The molecule has 0 N–H and O–H groups in total. The Hall–Kier alpha value is -4.66. The van der Waals surface area contributed by atoms with E-state index in [1.54, 1.807) is 12.1 Å². The minimum atomic E-state index is -4.05. The number of hydrogen-bond acceptors (Lipinski definition) is 1. The van der Waals surface area contributed by atoms with E-state index < -0.39 is 52.3 Å². The smallest absolute Gasteiger partial charge is 0.429 e. The molecule has 45 heavy (non-hydrogen) atoms. The van der Waals surface area contributed by atoms with E-state index in [0.717, 1.165) is 49.6 Å². The Morgan fingerprint density at radius 1 is 0.533 bits per heavy atom. The fraction of sp³-hybridized carbons (Fsp3) is 0.167. The molecule has 1 nitrogen and oxygen atoms in total. The van der Waals surface area contributed by atoms with Crippen LogP contribution in [0.4, 0.5) is 35.1 Å². The molecule has 232 valence electrons. The standard InChI is InChI=1S/C36H26F8O/c1-2-3-4-5-21-6-15-29(32(39)16-21)36(43,44)45-26-12-14-27(31(38)20-26)23-9-7-22(8-10-23)24-11-13-28(30(37)17-24)25-18-33(40)35(42)34(41)19-25/h6-20H,2-5H2,1H3. The van der Waals surface area contributed by atoms with Crippen molar-refractivity contribution in [2.75, 3.05) is 0 Å². The first-order valence-corrected chi connectivity index (χ1v) is 14.2. The van der Waals surface area contributed by atoms with Crippen molar-refractivity contribution >= 4 is 0 Å². The molecule has 9 heteroatoms. The number of aryl methyl sites for hydroxylation is 1. The molecule has 0 heterocycles. The summed E-state index contributed by atoms with van der Waals surface area (Å²) in [5.41, 5.74) is 0.719. The van der Waals surface area contributed by atoms with Gasteiger partial charge in [0.15, 0.2) is 17.5 Å². The highest BCUT2D eigenvalue weighted by molar-refractivity contribution is 5.74. The predicted molar refractivity (Wildman–Crippen MR) is 157 cm³/mol. The molecule has 0 saturated heterocycles. The fourth-order valence-corrected chi connectivity index (χ4v) is 5.01. The molecular weight excluding hydrogens is 600 g/mol. The Kier molecular flexibility index (Phi) is 9.27. The van der Waals surface area contributed by atoms with E-state index in [4.69, 9.17) is 4.74 Å². The number of benzene rings is 5. The maximum atomic E-state index is 15.0. The zero-order chi connectivity index (χ0) is 32.3. The van der Waals surface area contributed by atoms with Crippen LogP contribution in [-0.4, -0.2) is 0 Å². The Balaban J connectivity index is 1.31. The van der Waals surface area contributed by atoms with E-state index in [-0.39, 0.29) is 16.7 Å². The van der Waals surface area contributed by atoms with Crippen LogP contribution >= 0.6 is 0 Å². The molecule has 5 rings (SSSR count). The molecule has 0 unspecified atom stereocenters. The minimum Gasteiger partial charge on any atom is -0.429 e. The van der Waals surface area contributed by atoms with Crippen LogP contribution in [0.1, 0.15) is 37.3 Å². The lowest BCUT2D eigenvalue weighted by molar-refractivity contribution is -0.187. The Morgan fingerprint density at radius 2 is 1.11 bits per heavy atom. The summed E-state index contributed by atoms with van der Waals surface area (Å²) in [5.74, 6) is -7.82. The van der Waals surface area contributed by atoms with Gasteiger partial charge in [-0.05, 0) is 83.1 Å². The van der Waals surface area contributed by atoms with Crippen LogP contribution in [0.2, 0.25) is 0 Å². The first-order chi connectivity index (χ1) is 21.5.